The van der Waals surface area contributed by atoms with Crippen molar-refractivity contribution < 1.29 is 14.4 Å². The van der Waals surface area contributed by atoms with Crippen LogP contribution >= 0.6 is 23.2 Å². The largest absolute Gasteiger partial charge is 0.359 e. The average Bonchev–Trinajstić information content (AvgIpc) is 2.63. The first kappa shape index (κ1) is 19.8. The molecule has 26 heavy (non-hydrogen) atoms. The third kappa shape index (κ3) is 5.75. The molecule has 0 atom stereocenters. The number of hydrogen-bond donors (Lipinski definition) is 3. The summed E-state index contributed by atoms with van der Waals surface area (Å²) in [7, 11) is 1.57. The monoisotopic (exact) mass is 393 g/mol. The van der Waals surface area contributed by atoms with Crippen LogP contribution in [0.3, 0.4) is 0 Å². The van der Waals surface area contributed by atoms with Crippen LogP contribution in [0.1, 0.15) is 15.9 Å². The van der Waals surface area contributed by atoms with Crippen LogP contribution < -0.4 is 16.0 Å². The lowest BCUT2D eigenvalue weighted by Crippen LogP contribution is -2.32. The highest BCUT2D eigenvalue weighted by Gasteiger charge is 2.10. The van der Waals surface area contributed by atoms with Gasteiger partial charge in [-0.25, -0.2) is 0 Å². The molecule has 2 aromatic carbocycles. The lowest BCUT2D eigenvalue weighted by Gasteiger charge is -2.08. The number of benzene rings is 2. The molecule has 2 aromatic rings. The van der Waals surface area contributed by atoms with Gasteiger partial charge in [-0.2, -0.15) is 0 Å². The molecule has 0 heterocycles. The van der Waals surface area contributed by atoms with Crippen LogP contribution in [0.5, 0.6) is 0 Å². The van der Waals surface area contributed by atoms with Gasteiger partial charge in [-0.1, -0.05) is 35.3 Å². The minimum atomic E-state index is -0.431. The molecule has 0 saturated heterocycles. The number of halogens is 2. The van der Waals surface area contributed by atoms with Gasteiger partial charge in [0.1, 0.15) is 0 Å². The summed E-state index contributed by atoms with van der Waals surface area (Å²) in [6, 6.07) is 11.3. The van der Waals surface area contributed by atoms with Gasteiger partial charge in [-0.15, -0.1) is 0 Å². The molecule has 0 fully saturated rings. The van der Waals surface area contributed by atoms with Gasteiger partial charge >= 0.3 is 0 Å². The van der Waals surface area contributed by atoms with E-state index in [1.54, 1.807) is 31.3 Å². The summed E-state index contributed by atoms with van der Waals surface area (Å²) in [5, 5.41) is 8.32. The zero-order valence-corrected chi connectivity index (χ0v) is 15.4. The van der Waals surface area contributed by atoms with E-state index < -0.39 is 5.91 Å². The van der Waals surface area contributed by atoms with E-state index in [-0.39, 0.29) is 29.8 Å². The van der Waals surface area contributed by atoms with Gasteiger partial charge in [-0.3, -0.25) is 14.4 Å². The van der Waals surface area contributed by atoms with E-state index in [2.05, 4.69) is 16.0 Å². The molecule has 0 bridgehead atoms. The maximum atomic E-state index is 12.0. The van der Waals surface area contributed by atoms with E-state index in [1.165, 1.54) is 18.2 Å². The van der Waals surface area contributed by atoms with E-state index in [0.29, 0.717) is 16.3 Å². The smallest absolute Gasteiger partial charge is 0.251 e. The molecule has 0 aromatic heterocycles. The summed E-state index contributed by atoms with van der Waals surface area (Å²) in [6.07, 6.45) is 0.268. The Morgan fingerprint density at radius 1 is 0.923 bits per heavy atom. The number of carbonyl (C=O) groups is 3. The summed E-state index contributed by atoms with van der Waals surface area (Å²) in [5.41, 5.74) is 1.71. The molecular weight excluding hydrogens is 377 g/mol. The molecule has 0 saturated carbocycles. The lowest BCUT2D eigenvalue weighted by molar-refractivity contribution is -0.120. The fraction of sp³-hybridized carbons (Fsp3) is 0.167. The Balaban J connectivity index is 1.85. The Morgan fingerprint density at radius 3 is 2.23 bits per heavy atom. The first-order chi connectivity index (χ1) is 12.4. The Labute approximate surface area is 160 Å². The Morgan fingerprint density at radius 2 is 1.62 bits per heavy atom. The molecule has 3 N–H and O–H groups in total. The maximum Gasteiger partial charge on any atom is 0.251 e. The van der Waals surface area contributed by atoms with E-state index in [9.17, 15) is 14.4 Å². The summed E-state index contributed by atoms with van der Waals surface area (Å²) in [6.45, 7) is -0.195. The summed E-state index contributed by atoms with van der Waals surface area (Å²) < 4.78 is 0. The number of anilines is 1. The van der Waals surface area contributed by atoms with Gasteiger partial charge in [0.25, 0.3) is 5.91 Å². The van der Waals surface area contributed by atoms with Crippen LogP contribution in [-0.2, 0) is 16.0 Å². The molecule has 8 heteroatoms. The SMILES string of the molecule is CNC(=O)Cc1ccc(NC(=O)CNC(=O)c2ccc(Cl)c(Cl)c2)cc1. The minimum Gasteiger partial charge on any atom is -0.359 e. The number of likely N-dealkylation sites (N-methyl/N-ethyl adjacent to an activating group) is 1. The van der Waals surface area contributed by atoms with E-state index >= 15 is 0 Å². The van der Waals surface area contributed by atoms with Crippen molar-refractivity contribution in [1.29, 1.82) is 0 Å². The second kappa shape index (κ2) is 9.22. The van der Waals surface area contributed by atoms with Crippen LogP contribution in [0, 0.1) is 0 Å². The highest BCUT2D eigenvalue weighted by molar-refractivity contribution is 6.42. The zero-order chi connectivity index (χ0) is 19.1. The van der Waals surface area contributed by atoms with Crippen LogP contribution in [0.15, 0.2) is 42.5 Å². The predicted octanol–water partition coefficient (Wildman–Crippen LogP) is 2.65. The van der Waals surface area contributed by atoms with Gasteiger partial charge in [0.05, 0.1) is 23.0 Å². The van der Waals surface area contributed by atoms with Gasteiger partial charge in [0, 0.05) is 18.3 Å². The molecular formula is C18H17Cl2N3O3. The first-order valence-corrected chi connectivity index (χ1v) is 8.47. The number of rotatable bonds is 6. The van der Waals surface area contributed by atoms with E-state index in [0.717, 1.165) is 5.56 Å². The van der Waals surface area contributed by atoms with Crippen LogP contribution in [-0.4, -0.2) is 31.3 Å². The van der Waals surface area contributed by atoms with Crippen molar-refractivity contribution in [3.8, 4) is 0 Å². The van der Waals surface area contributed by atoms with Gasteiger partial charge in [0.2, 0.25) is 11.8 Å². The van der Waals surface area contributed by atoms with Crippen molar-refractivity contribution in [2.45, 2.75) is 6.42 Å². The molecule has 0 aliphatic rings. The van der Waals surface area contributed by atoms with Gasteiger partial charge < -0.3 is 16.0 Å². The molecule has 136 valence electrons. The van der Waals surface area contributed by atoms with Crippen LogP contribution in [0.25, 0.3) is 0 Å². The normalized spacial score (nSPS) is 10.1. The highest BCUT2D eigenvalue weighted by Crippen LogP contribution is 2.22. The first-order valence-electron chi connectivity index (χ1n) is 7.71. The second-order valence-corrected chi connectivity index (χ2v) is 6.22. The summed E-state index contributed by atoms with van der Waals surface area (Å²) >= 11 is 11.7. The molecule has 0 aliphatic heterocycles. The molecule has 0 unspecified atom stereocenters. The molecule has 6 nitrogen and oxygen atoms in total. The lowest BCUT2D eigenvalue weighted by atomic mass is 10.1. The van der Waals surface area contributed by atoms with Crippen molar-refractivity contribution in [3.63, 3.8) is 0 Å². The summed E-state index contributed by atoms with van der Waals surface area (Å²) in [5.74, 6) is -0.899. The number of nitrogens with one attached hydrogen (secondary N) is 3. The Kier molecular flexibility index (Phi) is 7.00. The summed E-state index contributed by atoms with van der Waals surface area (Å²) in [4.78, 5) is 35.3. The van der Waals surface area contributed by atoms with Crippen molar-refractivity contribution in [3.05, 3.63) is 63.6 Å². The molecule has 3 amide bonds. The third-order valence-corrected chi connectivity index (χ3v) is 4.21. The van der Waals surface area contributed by atoms with E-state index in [4.69, 9.17) is 23.2 Å². The Hall–Kier alpha value is -2.57. The molecule has 0 spiro atoms. The average molecular weight is 394 g/mol. The van der Waals surface area contributed by atoms with E-state index in [1.807, 2.05) is 0 Å². The standard InChI is InChI=1S/C18H17Cl2N3O3/c1-21-16(24)8-11-2-5-13(6-3-11)23-17(25)10-22-18(26)12-4-7-14(19)15(20)9-12/h2-7,9H,8,10H2,1H3,(H,21,24)(H,22,26)(H,23,25). The van der Waals surface area contributed by atoms with Gasteiger partial charge in [-0.05, 0) is 35.9 Å². The van der Waals surface area contributed by atoms with Crippen molar-refractivity contribution in [2.75, 3.05) is 18.9 Å². The number of amides is 3. The zero-order valence-electron chi connectivity index (χ0n) is 13.9. The van der Waals surface area contributed by atoms with Gasteiger partial charge in [0.15, 0.2) is 0 Å². The van der Waals surface area contributed by atoms with Crippen molar-refractivity contribution in [2.24, 2.45) is 0 Å². The Bertz CT molecular complexity index is 823. The third-order valence-electron chi connectivity index (χ3n) is 3.47. The topological polar surface area (TPSA) is 87.3 Å². The number of carbonyl (C=O) groups excluding carboxylic acids is 3. The quantitative estimate of drug-likeness (QED) is 0.704. The predicted molar refractivity (Wildman–Crippen MR) is 102 cm³/mol. The fourth-order valence-electron chi connectivity index (χ4n) is 2.08. The molecule has 0 radical (unpaired) electrons. The van der Waals surface area contributed by atoms with Crippen molar-refractivity contribution >= 4 is 46.6 Å². The number of hydrogen-bond acceptors (Lipinski definition) is 3. The second-order valence-electron chi connectivity index (χ2n) is 5.41. The molecule has 2 rings (SSSR count). The van der Waals surface area contributed by atoms with Crippen LogP contribution in [0.2, 0.25) is 10.0 Å². The maximum absolute atomic E-state index is 12.0. The molecule has 0 aliphatic carbocycles. The van der Waals surface area contributed by atoms with Crippen molar-refractivity contribution in [1.82, 2.24) is 10.6 Å². The fourth-order valence-corrected chi connectivity index (χ4v) is 2.38. The highest BCUT2D eigenvalue weighted by atomic mass is 35.5. The van der Waals surface area contributed by atoms with Crippen LogP contribution in [0.4, 0.5) is 5.69 Å². The minimum absolute atomic E-state index is 0.0909.